The van der Waals surface area contributed by atoms with Gasteiger partial charge in [-0.05, 0) is 39.0 Å². The molecule has 0 saturated heterocycles. The Hall–Kier alpha value is -0.530. The van der Waals surface area contributed by atoms with Crippen LogP contribution in [0.5, 0.6) is 0 Å². The van der Waals surface area contributed by atoms with Crippen LogP contribution in [0.15, 0.2) is 0 Å². The highest BCUT2D eigenvalue weighted by Crippen LogP contribution is 2.27. The lowest BCUT2D eigenvalue weighted by molar-refractivity contribution is -0.160. The maximum Gasteiger partial charge on any atom is 0.306 e. The highest BCUT2D eigenvalue weighted by molar-refractivity contribution is 5.69. The molecule has 0 aliphatic carbocycles. The van der Waals surface area contributed by atoms with Gasteiger partial charge in [0.15, 0.2) is 0 Å². The standard InChI is InChI=1S/C24H48O2/c1-5-8-11-14-15-16-17-20-23(25)26-24(4,21-18-12-9-6-2)22-19-13-10-7-3/h5-22H2,1-4H3. The summed E-state index contributed by atoms with van der Waals surface area (Å²) in [4.78, 5) is 12.3. The molecule has 26 heavy (non-hydrogen) atoms. The Kier molecular flexibility index (Phi) is 17.5. The molecule has 156 valence electrons. The summed E-state index contributed by atoms with van der Waals surface area (Å²) in [5.41, 5.74) is -0.236. The molecule has 0 aliphatic heterocycles. The zero-order chi connectivity index (χ0) is 19.5. The Labute approximate surface area is 164 Å². The molecular weight excluding hydrogens is 320 g/mol. The molecule has 2 heteroatoms. The summed E-state index contributed by atoms with van der Waals surface area (Å²) in [5.74, 6) is 0.0343. The van der Waals surface area contributed by atoms with E-state index in [4.69, 9.17) is 4.74 Å². The summed E-state index contributed by atoms with van der Waals surface area (Å²) in [7, 11) is 0. The van der Waals surface area contributed by atoms with Gasteiger partial charge < -0.3 is 4.74 Å². The summed E-state index contributed by atoms with van der Waals surface area (Å²) >= 11 is 0. The van der Waals surface area contributed by atoms with Crippen molar-refractivity contribution in [2.45, 2.75) is 149 Å². The van der Waals surface area contributed by atoms with Crippen LogP contribution >= 0.6 is 0 Å². The van der Waals surface area contributed by atoms with E-state index in [1.54, 1.807) is 0 Å². The van der Waals surface area contributed by atoms with E-state index in [9.17, 15) is 4.79 Å². The molecule has 0 saturated carbocycles. The van der Waals surface area contributed by atoms with Gasteiger partial charge >= 0.3 is 5.97 Å². The minimum atomic E-state index is -0.236. The molecule has 0 bridgehead atoms. The predicted molar refractivity (Wildman–Crippen MR) is 115 cm³/mol. The van der Waals surface area contributed by atoms with Crippen molar-refractivity contribution in [1.82, 2.24) is 0 Å². The van der Waals surface area contributed by atoms with E-state index in [0.717, 1.165) is 19.3 Å². The van der Waals surface area contributed by atoms with Gasteiger partial charge in [-0.25, -0.2) is 0 Å². The van der Waals surface area contributed by atoms with Gasteiger partial charge in [0.05, 0.1) is 0 Å². The number of carbonyl (C=O) groups excluding carboxylic acids is 1. The third kappa shape index (κ3) is 15.7. The third-order valence-corrected chi connectivity index (χ3v) is 5.46. The maximum absolute atomic E-state index is 12.3. The first-order valence-corrected chi connectivity index (χ1v) is 11.8. The minimum Gasteiger partial charge on any atom is -0.459 e. The molecule has 0 unspecified atom stereocenters. The fraction of sp³-hybridized carbons (Fsp3) is 0.958. The van der Waals surface area contributed by atoms with E-state index < -0.39 is 0 Å². The van der Waals surface area contributed by atoms with Gasteiger partial charge in [-0.1, -0.05) is 97.8 Å². The SMILES string of the molecule is CCCCCCCCCC(=O)OC(C)(CCCCCC)CCCCCC. The Morgan fingerprint density at radius 1 is 0.615 bits per heavy atom. The van der Waals surface area contributed by atoms with E-state index in [-0.39, 0.29) is 11.6 Å². The normalized spacial score (nSPS) is 11.7. The molecule has 0 N–H and O–H groups in total. The molecule has 0 aromatic rings. The van der Waals surface area contributed by atoms with Gasteiger partial charge in [-0.3, -0.25) is 4.79 Å². The fourth-order valence-electron chi connectivity index (χ4n) is 3.63. The van der Waals surface area contributed by atoms with Crippen molar-refractivity contribution in [3.63, 3.8) is 0 Å². The predicted octanol–water partition coefficient (Wildman–Crippen LogP) is 8.37. The number of carbonyl (C=O) groups is 1. The molecule has 0 spiro atoms. The summed E-state index contributed by atoms with van der Waals surface area (Å²) < 4.78 is 6.00. The van der Waals surface area contributed by atoms with Gasteiger partial charge in [0, 0.05) is 6.42 Å². The van der Waals surface area contributed by atoms with Crippen molar-refractivity contribution in [2.75, 3.05) is 0 Å². The molecule has 0 atom stereocenters. The molecule has 0 radical (unpaired) electrons. The van der Waals surface area contributed by atoms with Crippen molar-refractivity contribution in [1.29, 1.82) is 0 Å². The summed E-state index contributed by atoms with van der Waals surface area (Å²) in [6.45, 7) is 8.91. The van der Waals surface area contributed by atoms with Crippen LogP contribution < -0.4 is 0 Å². The quantitative estimate of drug-likeness (QED) is 0.169. The molecule has 2 nitrogen and oxygen atoms in total. The maximum atomic E-state index is 12.3. The zero-order valence-electron chi connectivity index (χ0n) is 18.5. The molecule has 0 aromatic heterocycles. The molecular formula is C24H48O2. The lowest BCUT2D eigenvalue weighted by atomic mass is 9.91. The minimum absolute atomic E-state index is 0.0343. The Balaban J connectivity index is 4.12. The van der Waals surface area contributed by atoms with Crippen LogP contribution in [0, 0.1) is 0 Å². The highest BCUT2D eigenvalue weighted by atomic mass is 16.6. The first-order valence-electron chi connectivity index (χ1n) is 11.8. The molecule has 0 rings (SSSR count). The number of unbranched alkanes of at least 4 members (excludes halogenated alkanes) is 12. The van der Waals surface area contributed by atoms with Crippen molar-refractivity contribution in [3.05, 3.63) is 0 Å². The van der Waals surface area contributed by atoms with Crippen molar-refractivity contribution >= 4 is 5.97 Å². The van der Waals surface area contributed by atoms with Gasteiger partial charge in [0.25, 0.3) is 0 Å². The lowest BCUT2D eigenvalue weighted by Gasteiger charge is -2.30. The van der Waals surface area contributed by atoms with E-state index in [2.05, 4.69) is 27.7 Å². The van der Waals surface area contributed by atoms with Crippen LogP contribution in [0.4, 0.5) is 0 Å². The topological polar surface area (TPSA) is 26.3 Å². The average molecular weight is 369 g/mol. The molecule has 0 amide bonds. The number of hydrogen-bond donors (Lipinski definition) is 0. The molecule has 0 heterocycles. The fourth-order valence-corrected chi connectivity index (χ4v) is 3.63. The number of hydrogen-bond acceptors (Lipinski definition) is 2. The second-order valence-electron chi connectivity index (χ2n) is 8.42. The Bertz CT molecular complexity index is 299. The van der Waals surface area contributed by atoms with Gasteiger partial charge in [0.2, 0.25) is 0 Å². The largest absolute Gasteiger partial charge is 0.459 e. The van der Waals surface area contributed by atoms with Crippen LogP contribution in [-0.2, 0) is 9.53 Å². The van der Waals surface area contributed by atoms with Gasteiger partial charge in [0.1, 0.15) is 5.60 Å². The van der Waals surface area contributed by atoms with Crippen molar-refractivity contribution < 1.29 is 9.53 Å². The van der Waals surface area contributed by atoms with Crippen molar-refractivity contribution in [2.24, 2.45) is 0 Å². The van der Waals surface area contributed by atoms with Crippen LogP contribution in [0.25, 0.3) is 0 Å². The van der Waals surface area contributed by atoms with Crippen LogP contribution in [0.3, 0.4) is 0 Å². The molecule has 0 fully saturated rings. The van der Waals surface area contributed by atoms with Crippen molar-refractivity contribution in [3.8, 4) is 0 Å². The first-order chi connectivity index (χ1) is 12.6. The van der Waals surface area contributed by atoms with Crippen LogP contribution in [-0.4, -0.2) is 11.6 Å². The summed E-state index contributed by atoms with van der Waals surface area (Å²) in [6, 6.07) is 0. The monoisotopic (exact) mass is 368 g/mol. The lowest BCUT2D eigenvalue weighted by Crippen LogP contribution is -2.32. The third-order valence-electron chi connectivity index (χ3n) is 5.46. The number of rotatable bonds is 19. The average Bonchev–Trinajstić information content (AvgIpc) is 2.62. The second kappa shape index (κ2) is 17.9. The Morgan fingerprint density at radius 3 is 1.46 bits per heavy atom. The smallest absolute Gasteiger partial charge is 0.306 e. The van der Waals surface area contributed by atoms with Gasteiger partial charge in [-0.2, -0.15) is 0 Å². The summed E-state index contributed by atoms with van der Waals surface area (Å²) in [6.07, 6.45) is 21.4. The second-order valence-corrected chi connectivity index (χ2v) is 8.42. The zero-order valence-corrected chi connectivity index (χ0v) is 18.5. The van der Waals surface area contributed by atoms with E-state index in [1.165, 1.54) is 89.9 Å². The number of ether oxygens (including phenoxy) is 1. The van der Waals surface area contributed by atoms with E-state index >= 15 is 0 Å². The summed E-state index contributed by atoms with van der Waals surface area (Å²) in [5, 5.41) is 0. The van der Waals surface area contributed by atoms with Crippen LogP contribution in [0.1, 0.15) is 143 Å². The number of esters is 1. The first kappa shape index (κ1) is 25.5. The van der Waals surface area contributed by atoms with E-state index in [1.807, 2.05) is 0 Å². The van der Waals surface area contributed by atoms with E-state index in [0.29, 0.717) is 6.42 Å². The van der Waals surface area contributed by atoms with Crippen LogP contribution in [0.2, 0.25) is 0 Å². The molecule has 0 aromatic carbocycles. The highest BCUT2D eigenvalue weighted by Gasteiger charge is 2.27. The molecule has 0 aliphatic rings. The Morgan fingerprint density at radius 2 is 1.00 bits per heavy atom. The van der Waals surface area contributed by atoms with Gasteiger partial charge in [-0.15, -0.1) is 0 Å².